The van der Waals surface area contributed by atoms with E-state index in [-0.39, 0.29) is 11.7 Å². The molecule has 1 aliphatic carbocycles. The molecule has 1 N–H and O–H groups in total. The van der Waals surface area contributed by atoms with E-state index in [1.165, 1.54) is 17.8 Å². The molecule has 3 rings (SSSR count). The molecule has 0 saturated heterocycles. The summed E-state index contributed by atoms with van der Waals surface area (Å²) < 4.78 is 13.8. The molecular weight excluding hydrogens is 303 g/mol. The van der Waals surface area contributed by atoms with E-state index in [4.69, 9.17) is 0 Å². The van der Waals surface area contributed by atoms with Crippen LogP contribution < -0.4 is 5.32 Å². The zero-order valence-corrected chi connectivity index (χ0v) is 13.8. The fourth-order valence-electron chi connectivity index (χ4n) is 2.61. The van der Waals surface area contributed by atoms with Crippen LogP contribution >= 0.6 is 0 Å². The number of allylic oxidation sites excluding steroid dienone is 4. The van der Waals surface area contributed by atoms with Crippen LogP contribution in [0, 0.1) is 13.8 Å². The molecule has 24 heavy (non-hydrogen) atoms. The Labute approximate surface area is 140 Å². The van der Waals surface area contributed by atoms with Gasteiger partial charge in [0.2, 0.25) is 0 Å². The SMILES string of the molecule is Cc1ccc(NC(=O)c2ccc(C3=C(F)C=CCC3)nc2)cc1C. The second-order valence-electron chi connectivity index (χ2n) is 5.95. The first-order valence-electron chi connectivity index (χ1n) is 7.95. The van der Waals surface area contributed by atoms with Crippen LogP contribution in [0.4, 0.5) is 10.1 Å². The number of aromatic nitrogens is 1. The summed E-state index contributed by atoms with van der Waals surface area (Å²) in [6, 6.07) is 9.15. The smallest absolute Gasteiger partial charge is 0.257 e. The fourth-order valence-corrected chi connectivity index (χ4v) is 2.61. The monoisotopic (exact) mass is 322 g/mol. The zero-order chi connectivity index (χ0) is 17.1. The molecule has 0 fully saturated rings. The van der Waals surface area contributed by atoms with Gasteiger partial charge in [-0.1, -0.05) is 12.1 Å². The van der Waals surface area contributed by atoms with E-state index < -0.39 is 0 Å². The lowest BCUT2D eigenvalue weighted by molar-refractivity contribution is 0.102. The first kappa shape index (κ1) is 16.1. The molecule has 0 spiro atoms. The Bertz CT molecular complexity index is 835. The van der Waals surface area contributed by atoms with Gasteiger partial charge in [0, 0.05) is 17.5 Å². The number of nitrogens with zero attached hydrogens (tertiary/aromatic N) is 1. The van der Waals surface area contributed by atoms with Gasteiger partial charge in [0.25, 0.3) is 5.91 Å². The van der Waals surface area contributed by atoms with Crippen LogP contribution in [0.3, 0.4) is 0 Å². The first-order valence-corrected chi connectivity index (χ1v) is 7.95. The highest BCUT2D eigenvalue weighted by Gasteiger charge is 2.13. The lowest BCUT2D eigenvalue weighted by Crippen LogP contribution is -2.12. The van der Waals surface area contributed by atoms with Crippen LogP contribution in [0.2, 0.25) is 0 Å². The zero-order valence-electron chi connectivity index (χ0n) is 13.8. The van der Waals surface area contributed by atoms with Crippen molar-refractivity contribution < 1.29 is 9.18 Å². The number of halogens is 1. The van der Waals surface area contributed by atoms with Crippen molar-refractivity contribution in [1.82, 2.24) is 4.98 Å². The van der Waals surface area contributed by atoms with Crippen molar-refractivity contribution in [2.24, 2.45) is 0 Å². The van der Waals surface area contributed by atoms with E-state index in [9.17, 15) is 9.18 Å². The van der Waals surface area contributed by atoms with Crippen LogP contribution in [0.1, 0.15) is 40.0 Å². The number of aryl methyl sites for hydroxylation is 2. The molecule has 1 aromatic heterocycles. The summed E-state index contributed by atoms with van der Waals surface area (Å²) in [5.41, 5.74) is 4.67. The van der Waals surface area contributed by atoms with Gasteiger partial charge < -0.3 is 5.32 Å². The molecule has 3 nitrogen and oxygen atoms in total. The van der Waals surface area contributed by atoms with Gasteiger partial charge in [-0.05, 0) is 68.2 Å². The van der Waals surface area contributed by atoms with E-state index in [0.29, 0.717) is 23.3 Å². The predicted octanol–water partition coefficient (Wildman–Crippen LogP) is 4.98. The Morgan fingerprint density at radius 3 is 2.67 bits per heavy atom. The highest BCUT2D eigenvalue weighted by atomic mass is 19.1. The van der Waals surface area contributed by atoms with Gasteiger partial charge in [0.1, 0.15) is 5.83 Å². The first-order chi connectivity index (χ1) is 11.5. The van der Waals surface area contributed by atoms with E-state index >= 15 is 0 Å². The summed E-state index contributed by atoms with van der Waals surface area (Å²) in [6.07, 6.45) is 6.21. The molecule has 1 amide bonds. The largest absolute Gasteiger partial charge is 0.322 e. The minimum atomic E-state index is -0.249. The number of carbonyl (C=O) groups is 1. The Balaban J connectivity index is 1.76. The number of benzene rings is 1. The third-order valence-electron chi connectivity index (χ3n) is 4.21. The second-order valence-corrected chi connectivity index (χ2v) is 5.95. The maximum Gasteiger partial charge on any atom is 0.257 e. The van der Waals surface area contributed by atoms with Crippen molar-refractivity contribution in [3.05, 3.63) is 76.9 Å². The van der Waals surface area contributed by atoms with Crippen molar-refractivity contribution in [1.29, 1.82) is 0 Å². The van der Waals surface area contributed by atoms with E-state index in [2.05, 4.69) is 10.3 Å². The minimum absolute atomic E-state index is 0.227. The number of amides is 1. The van der Waals surface area contributed by atoms with Crippen molar-refractivity contribution in [2.45, 2.75) is 26.7 Å². The molecule has 0 saturated carbocycles. The van der Waals surface area contributed by atoms with Gasteiger partial charge in [0.05, 0.1) is 11.3 Å². The summed E-state index contributed by atoms with van der Waals surface area (Å²) in [5.74, 6) is -0.476. The molecule has 0 bridgehead atoms. The van der Waals surface area contributed by atoms with Crippen LogP contribution in [0.25, 0.3) is 5.57 Å². The highest BCUT2D eigenvalue weighted by Crippen LogP contribution is 2.28. The summed E-state index contributed by atoms with van der Waals surface area (Å²) in [5, 5.41) is 2.86. The van der Waals surface area contributed by atoms with E-state index in [1.54, 1.807) is 12.1 Å². The molecule has 1 aliphatic rings. The lowest BCUT2D eigenvalue weighted by atomic mass is 10.0. The maximum absolute atomic E-state index is 13.8. The summed E-state index contributed by atoms with van der Waals surface area (Å²) in [6.45, 7) is 4.03. The number of anilines is 1. The molecular formula is C20H19FN2O. The number of carbonyl (C=O) groups excluding carboxylic acids is 1. The quantitative estimate of drug-likeness (QED) is 0.866. The topological polar surface area (TPSA) is 42.0 Å². The number of hydrogen-bond donors (Lipinski definition) is 1. The molecule has 4 heteroatoms. The highest BCUT2D eigenvalue weighted by molar-refractivity contribution is 6.04. The molecule has 0 radical (unpaired) electrons. The Kier molecular flexibility index (Phi) is 4.56. The van der Waals surface area contributed by atoms with Gasteiger partial charge in [-0.3, -0.25) is 9.78 Å². The third-order valence-corrected chi connectivity index (χ3v) is 4.21. The molecule has 0 unspecified atom stereocenters. The van der Waals surface area contributed by atoms with Gasteiger partial charge in [-0.2, -0.15) is 0 Å². The Morgan fingerprint density at radius 1 is 1.17 bits per heavy atom. The Hall–Kier alpha value is -2.75. The van der Waals surface area contributed by atoms with Gasteiger partial charge in [-0.15, -0.1) is 0 Å². The number of nitrogens with one attached hydrogen (secondary N) is 1. The van der Waals surface area contributed by atoms with Gasteiger partial charge >= 0.3 is 0 Å². The number of rotatable bonds is 3. The normalized spacial score (nSPS) is 14.0. The average molecular weight is 322 g/mol. The summed E-state index contributed by atoms with van der Waals surface area (Å²) in [7, 11) is 0. The van der Waals surface area contributed by atoms with Gasteiger partial charge in [-0.25, -0.2) is 4.39 Å². The van der Waals surface area contributed by atoms with Crippen LogP contribution in [0.15, 0.2) is 54.5 Å². The number of pyridine rings is 1. The second kappa shape index (κ2) is 6.79. The van der Waals surface area contributed by atoms with Crippen molar-refractivity contribution >= 4 is 17.2 Å². The lowest BCUT2D eigenvalue weighted by Gasteiger charge is -2.11. The van der Waals surface area contributed by atoms with Crippen LogP contribution in [-0.2, 0) is 0 Å². The summed E-state index contributed by atoms with van der Waals surface area (Å²) >= 11 is 0. The predicted molar refractivity (Wildman–Crippen MR) is 94.5 cm³/mol. The Morgan fingerprint density at radius 2 is 2.00 bits per heavy atom. The van der Waals surface area contributed by atoms with E-state index in [0.717, 1.165) is 17.7 Å². The van der Waals surface area contributed by atoms with Gasteiger partial charge in [0.15, 0.2) is 0 Å². The molecule has 122 valence electrons. The average Bonchev–Trinajstić information content (AvgIpc) is 2.59. The standard InChI is InChI=1S/C20H19FN2O/c1-13-7-9-16(11-14(13)2)23-20(24)15-8-10-19(22-12-15)17-5-3-4-6-18(17)21/h4,6-12H,3,5H2,1-2H3,(H,23,24). The molecule has 0 atom stereocenters. The molecule has 1 heterocycles. The van der Waals surface area contributed by atoms with Crippen molar-refractivity contribution in [2.75, 3.05) is 5.32 Å². The van der Waals surface area contributed by atoms with Crippen molar-refractivity contribution in [3.63, 3.8) is 0 Å². The van der Waals surface area contributed by atoms with Crippen molar-refractivity contribution in [3.8, 4) is 0 Å². The van der Waals surface area contributed by atoms with E-state index in [1.807, 2.05) is 38.1 Å². The third kappa shape index (κ3) is 3.43. The van der Waals surface area contributed by atoms with Crippen LogP contribution in [0.5, 0.6) is 0 Å². The number of hydrogen-bond acceptors (Lipinski definition) is 2. The minimum Gasteiger partial charge on any atom is -0.322 e. The molecule has 2 aromatic rings. The van der Waals surface area contributed by atoms with Crippen LogP contribution in [-0.4, -0.2) is 10.9 Å². The fraction of sp³-hybridized carbons (Fsp3) is 0.200. The molecule has 1 aromatic carbocycles. The summed E-state index contributed by atoms with van der Waals surface area (Å²) in [4.78, 5) is 16.6. The molecule has 0 aliphatic heterocycles. The maximum atomic E-state index is 13.8.